The van der Waals surface area contributed by atoms with Crippen LogP contribution in [0.2, 0.25) is 0 Å². The van der Waals surface area contributed by atoms with Gasteiger partial charge in [0.15, 0.2) is 0 Å². The Bertz CT molecular complexity index is 729. The highest BCUT2D eigenvalue weighted by Crippen LogP contribution is 2.22. The van der Waals surface area contributed by atoms with Crippen molar-refractivity contribution in [3.8, 4) is 0 Å². The molecule has 0 bridgehead atoms. The molecule has 21 heavy (non-hydrogen) atoms. The second kappa shape index (κ2) is 6.09. The molecule has 1 heteroatoms. The Hall–Kier alpha value is -2.15. The molecule has 0 atom stereocenters. The van der Waals surface area contributed by atoms with Crippen LogP contribution in [0.3, 0.4) is 0 Å². The second-order valence-electron chi connectivity index (χ2n) is 5.83. The average molecular weight is 274 g/mol. The number of hydrogen-bond acceptors (Lipinski definition) is 1. The number of para-hydroxylation sites is 1. The van der Waals surface area contributed by atoms with Crippen LogP contribution in [0.25, 0.3) is 10.9 Å². The highest BCUT2D eigenvalue weighted by atomic mass is 14.7. The minimum atomic E-state index is 0.946. The first-order chi connectivity index (χ1) is 10.2. The molecule has 0 saturated carbocycles. The Morgan fingerprint density at radius 3 is 2.38 bits per heavy atom. The van der Waals surface area contributed by atoms with Crippen LogP contribution in [0, 0.1) is 5.92 Å². The van der Waals surface area contributed by atoms with E-state index in [0.717, 1.165) is 18.4 Å². The van der Waals surface area contributed by atoms with Gasteiger partial charge in [0.2, 0.25) is 0 Å². The maximum Gasteiger partial charge on any atom is 0.0705 e. The van der Waals surface area contributed by atoms with E-state index in [2.05, 4.69) is 74.5 Å². The molecule has 0 aliphatic rings. The Labute approximate surface area is 126 Å². The summed E-state index contributed by atoms with van der Waals surface area (Å²) >= 11 is 0. The van der Waals surface area contributed by atoms with Crippen molar-refractivity contribution in [2.75, 3.05) is 0 Å². The molecule has 3 rings (SSSR count). The summed E-state index contributed by atoms with van der Waals surface area (Å²) in [5.41, 5.74) is 4.97. The molecule has 2 aromatic carbocycles. The molecule has 0 unspecified atom stereocenters. The number of aromatic nitrogens is 1. The standard InChI is InChI=1S/C20H20N/c1-15(2)12-20-18(13-16-8-4-3-5-9-16)14-17-10-6-7-11-19(17)21-20/h3-11,14H,12-13H2,1-2H3. The zero-order valence-corrected chi connectivity index (χ0v) is 12.6. The highest BCUT2D eigenvalue weighted by Gasteiger charge is 2.09. The molecule has 0 N–H and O–H groups in total. The summed E-state index contributed by atoms with van der Waals surface area (Å²) in [5.74, 6) is 1.40. The van der Waals surface area contributed by atoms with Crippen molar-refractivity contribution < 1.29 is 0 Å². The molecular formula is C20H20N. The second-order valence-corrected chi connectivity index (χ2v) is 5.83. The summed E-state index contributed by atoms with van der Waals surface area (Å²) in [6, 6.07) is 21.3. The van der Waals surface area contributed by atoms with E-state index in [1.54, 1.807) is 0 Å². The summed E-state index contributed by atoms with van der Waals surface area (Å²) in [6.45, 7) is 4.34. The van der Waals surface area contributed by atoms with Gasteiger partial charge in [-0.25, -0.2) is 0 Å². The molecular weight excluding hydrogens is 254 g/mol. The Morgan fingerprint density at radius 1 is 0.905 bits per heavy atom. The number of hydrogen-bond donors (Lipinski definition) is 0. The first kappa shape index (κ1) is 13.8. The molecule has 1 heterocycles. The molecule has 1 aromatic heterocycles. The van der Waals surface area contributed by atoms with Crippen molar-refractivity contribution in [3.05, 3.63) is 83.4 Å². The third kappa shape index (κ3) is 3.30. The van der Waals surface area contributed by atoms with Crippen LogP contribution in [0.15, 0.2) is 60.7 Å². The van der Waals surface area contributed by atoms with Gasteiger partial charge in [-0.2, -0.15) is 0 Å². The van der Waals surface area contributed by atoms with Crippen LogP contribution in [0.1, 0.15) is 30.7 Å². The van der Waals surface area contributed by atoms with E-state index in [9.17, 15) is 0 Å². The summed E-state index contributed by atoms with van der Waals surface area (Å²) in [5, 5.41) is 1.22. The van der Waals surface area contributed by atoms with Crippen molar-refractivity contribution in [2.45, 2.75) is 26.7 Å². The zero-order valence-electron chi connectivity index (χ0n) is 12.6. The minimum absolute atomic E-state index is 0.946. The normalized spacial score (nSPS) is 11.2. The van der Waals surface area contributed by atoms with E-state index in [-0.39, 0.29) is 0 Å². The van der Waals surface area contributed by atoms with Gasteiger partial charge in [-0.3, -0.25) is 4.98 Å². The van der Waals surface area contributed by atoms with Gasteiger partial charge in [0, 0.05) is 11.1 Å². The van der Waals surface area contributed by atoms with E-state index in [4.69, 9.17) is 4.98 Å². The fourth-order valence-corrected chi connectivity index (χ4v) is 2.66. The number of benzene rings is 2. The van der Waals surface area contributed by atoms with Crippen LogP contribution >= 0.6 is 0 Å². The van der Waals surface area contributed by atoms with Crippen LogP contribution in [-0.2, 0) is 12.8 Å². The maximum atomic E-state index is 4.89. The van der Waals surface area contributed by atoms with Crippen LogP contribution in [0.4, 0.5) is 0 Å². The zero-order chi connectivity index (χ0) is 14.7. The third-order valence-corrected chi connectivity index (χ3v) is 3.65. The first-order valence-corrected chi connectivity index (χ1v) is 7.43. The topological polar surface area (TPSA) is 12.9 Å². The molecule has 0 spiro atoms. The number of nitrogens with zero attached hydrogens (tertiary/aromatic N) is 1. The quantitative estimate of drug-likeness (QED) is 0.653. The fraction of sp³-hybridized carbons (Fsp3) is 0.200. The van der Waals surface area contributed by atoms with Gasteiger partial charge in [-0.1, -0.05) is 62.4 Å². The largest absolute Gasteiger partial charge is 0.253 e. The number of pyridine rings is 1. The number of rotatable bonds is 4. The SMILES string of the molecule is C[C](C)Cc1nc2ccccc2cc1Cc1ccccc1. The summed E-state index contributed by atoms with van der Waals surface area (Å²) in [7, 11) is 0. The average Bonchev–Trinajstić information content (AvgIpc) is 2.48. The third-order valence-electron chi connectivity index (χ3n) is 3.65. The molecule has 0 aliphatic carbocycles. The van der Waals surface area contributed by atoms with E-state index in [1.807, 2.05) is 0 Å². The van der Waals surface area contributed by atoms with E-state index in [1.165, 1.54) is 28.1 Å². The van der Waals surface area contributed by atoms with Crippen molar-refractivity contribution in [1.29, 1.82) is 0 Å². The Morgan fingerprint density at radius 2 is 1.62 bits per heavy atom. The van der Waals surface area contributed by atoms with Crippen molar-refractivity contribution in [2.24, 2.45) is 0 Å². The van der Waals surface area contributed by atoms with Gasteiger partial charge in [-0.15, -0.1) is 0 Å². The minimum Gasteiger partial charge on any atom is -0.253 e. The lowest BCUT2D eigenvalue weighted by Gasteiger charge is -2.12. The van der Waals surface area contributed by atoms with Crippen molar-refractivity contribution in [1.82, 2.24) is 4.98 Å². The van der Waals surface area contributed by atoms with Crippen LogP contribution < -0.4 is 0 Å². The predicted octanol–water partition coefficient (Wildman–Crippen LogP) is 4.98. The summed E-state index contributed by atoms with van der Waals surface area (Å²) in [6.07, 6.45) is 1.90. The number of fused-ring (bicyclic) bond motifs is 1. The molecule has 0 fully saturated rings. The monoisotopic (exact) mass is 274 g/mol. The summed E-state index contributed by atoms with van der Waals surface area (Å²) in [4.78, 5) is 4.89. The van der Waals surface area contributed by atoms with E-state index >= 15 is 0 Å². The van der Waals surface area contributed by atoms with E-state index in [0.29, 0.717) is 0 Å². The fourth-order valence-electron chi connectivity index (χ4n) is 2.66. The van der Waals surface area contributed by atoms with Gasteiger partial charge < -0.3 is 0 Å². The maximum absolute atomic E-state index is 4.89. The first-order valence-electron chi connectivity index (χ1n) is 7.43. The molecule has 105 valence electrons. The molecule has 1 nitrogen and oxygen atoms in total. The highest BCUT2D eigenvalue weighted by molar-refractivity contribution is 5.79. The van der Waals surface area contributed by atoms with Crippen molar-refractivity contribution in [3.63, 3.8) is 0 Å². The van der Waals surface area contributed by atoms with Crippen LogP contribution in [-0.4, -0.2) is 4.98 Å². The smallest absolute Gasteiger partial charge is 0.0705 e. The Balaban J connectivity index is 2.05. The lowest BCUT2D eigenvalue weighted by molar-refractivity contribution is 0.902. The lowest BCUT2D eigenvalue weighted by Crippen LogP contribution is -2.03. The molecule has 3 aromatic rings. The van der Waals surface area contributed by atoms with Gasteiger partial charge in [0.05, 0.1) is 5.52 Å². The molecule has 0 aliphatic heterocycles. The molecule has 1 radical (unpaired) electrons. The van der Waals surface area contributed by atoms with E-state index < -0.39 is 0 Å². The van der Waals surface area contributed by atoms with Gasteiger partial charge >= 0.3 is 0 Å². The van der Waals surface area contributed by atoms with Crippen LogP contribution in [0.5, 0.6) is 0 Å². The molecule has 0 saturated heterocycles. The van der Waals surface area contributed by atoms with Gasteiger partial charge in [-0.05, 0) is 42.0 Å². The predicted molar refractivity (Wildman–Crippen MR) is 89.3 cm³/mol. The van der Waals surface area contributed by atoms with Gasteiger partial charge in [0.25, 0.3) is 0 Å². The van der Waals surface area contributed by atoms with Gasteiger partial charge in [0.1, 0.15) is 0 Å². The lowest BCUT2D eigenvalue weighted by atomic mass is 9.97. The summed E-state index contributed by atoms with van der Waals surface area (Å²) < 4.78 is 0. The Kier molecular flexibility index (Phi) is 4.01. The van der Waals surface area contributed by atoms with Crippen molar-refractivity contribution >= 4 is 10.9 Å². The molecule has 0 amide bonds.